The quantitative estimate of drug-likeness (QED) is 0.648. The van der Waals surface area contributed by atoms with Crippen molar-refractivity contribution >= 4 is 17.7 Å². The van der Waals surface area contributed by atoms with Gasteiger partial charge in [-0.2, -0.15) is 11.8 Å². The molecular weight excluding hydrogens is 316 g/mol. The molecule has 3 rings (SSSR count). The first kappa shape index (κ1) is 16.8. The SMILES string of the molecule is CN=C(NCc1cccc(-c2ccccn2)c1)NCC1CCCS1. The van der Waals surface area contributed by atoms with Gasteiger partial charge in [-0.05, 0) is 42.4 Å². The second-order valence-electron chi connectivity index (χ2n) is 5.86. The molecule has 4 nitrogen and oxygen atoms in total. The molecule has 1 aromatic heterocycles. The van der Waals surface area contributed by atoms with Gasteiger partial charge in [0.05, 0.1) is 5.69 Å². The molecule has 1 fully saturated rings. The van der Waals surface area contributed by atoms with E-state index < -0.39 is 0 Å². The van der Waals surface area contributed by atoms with Crippen molar-refractivity contribution in [1.29, 1.82) is 0 Å². The van der Waals surface area contributed by atoms with Crippen molar-refractivity contribution in [2.24, 2.45) is 4.99 Å². The lowest BCUT2D eigenvalue weighted by molar-refractivity contribution is 0.726. The zero-order valence-electron chi connectivity index (χ0n) is 14.0. The third-order valence-corrected chi connectivity index (χ3v) is 5.49. The first-order valence-corrected chi connectivity index (χ1v) is 9.46. The molecule has 0 spiro atoms. The highest BCUT2D eigenvalue weighted by Crippen LogP contribution is 2.25. The fourth-order valence-corrected chi connectivity index (χ4v) is 4.00. The summed E-state index contributed by atoms with van der Waals surface area (Å²) in [4.78, 5) is 8.73. The molecule has 5 heteroatoms. The number of pyridine rings is 1. The molecule has 0 aliphatic carbocycles. The summed E-state index contributed by atoms with van der Waals surface area (Å²) in [6.07, 6.45) is 4.47. The molecule has 1 aliphatic heterocycles. The smallest absolute Gasteiger partial charge is 0.191 e. The predicted molar refractivity (Wildman–Crippen MR) is 103 cm³/mol. The largest absolute Gasteiger partial charge is 0.355 e. The number of hydrogen-bond acceptors (Lipinski definition) is 3. The van der Waals surface area contributed by atoms with Crippen LogP contribution in [0.15, 0.2) is 53.7 Å². The third kappa shape index (κ3) is 4.74. The van der Waals surface area contributed by atoms with Gasteiger partial charge in [-0.3, -0.25) is 9.98 Å². The summed E-state index contributed by atoms with van der Waals surface area (Å²) in [7, 11) is 1.82. The maximum Gasteiger partial charge on any atom is 0.191 e. The van der Waals surface area contributed by atoms with Gasteiger partial charge in [0.15, 0.2) is 5.96 Å². The van der Waals surface area contributed by atoms with Crippen molar-refractivity contribution in [3.05, 3.63) is 54.2 Å². The van der Waals surface area contributed by atoms with Crippen LogP contribution in [-0.4, -0.2) is 35.5 Å². The fourth-order valence-electron chi connectivity index (χ4n) is 2.80. The van der Waals surface area contributed by atoms with Gasteiger partial charge in [0, 0.05) is 37.1 Å². The molecule has 2 N–H and O–H groups in total. The average Bonchev–Trinajstić information content (AvgIpc) is 3.16. The Morgan fingerprint density at radius 2 is 2.21 bits per heavy atom. The van der Waals surface area contributed by atoms with E-state index >= 15 is 0 Å². The number of guanidine groups is 1. The minimum absolute atomic E-state index is 0.719. The number of rotatable bonds is 5. The Morgan fingerprint density at radius 1 is 1.25 bits per heavy atom. The van der Waals surface area contributed by atoms with Crippen LogP contribution in [0.5, 0.6) is 0 Å². The van der Waals surface area contributed by atoms with Gasteiger partial charge in [-0.25, -0.2) is 0 Å². The Morgan fingerprint density at radius 3 is 2.96 bits per heavy atom. The molecule has 0 bridgehead atoms. The maximum absolute atomic E-state index is 4.42. The summed E-state index contributed by atoms with van der Waals surface area (Å²) in [5.41, 5.74) is 3.36. The Labute approximate surface area is 148 Å². The summed E-state index contributed by atoms with van der Waals surface area (Å²) in [5.74, 6) is 2.16. The van der Waals surface area contributed by atoms with Gasteiger partial charge < -0.3 is 10.6 Å². The van der Waals surface area contributed by atoms with E-state index in [9.17, 15) is 0 Å². The van der Waals surface area contributed by atoms with Crippen LogP contribution in [0.25, 0.3) is 11.3 Å². The van der Waals surface area contributed by atoms with Crippen molar-refractivity contribution < 1.29 is 0 Å². The van der Waals surface area contributed by atoms with Crippen LogP contribution >= 0.6 is 11.8 Å². The van der Waals surface area contributed by atoms with Crippen molar-refractivity contribution in [2.45, 2.75) is 24.6 Å². The molecule has 1 unspecified atom stereocenters. The van der Waals surface area contributed by atoms with Crippen LogP contribution < -0.4 is 10.6 Å². The van der Waals surface area contributed by atoms with Crippen LogP contribution in [-0.2, 0) is 6.54 Å². The maximum atomic E-state index is 4.42. The average molecular weight is 340 g/mol. The number of nitrogens with zero attached hydrogens (tertiary/aromatic N) is 2. The van der Waals surface area contributed by atoms with Gasteiger partial charge in [0.25, 0.3) is 0 Å². The summed E-state index contributed by atoms with van der Waals surface area (Å²) >= 11 is 2.06. The normalized spacial score (nSPS) is 17.7. The summed E-state index contributed by atoms with van der Waals surface area (Å²) in [6.45, 7) is 1.73. The van der Waals surface area contributed by atoms with E-state index in [4.69, 9.17) is 0 Å². The summed E-state index contributed by atoms with van der Waals surface area (Å²) in [5, 5.41) is 7.55. The van der Waals surface area contributed by atoms with Gasteiger partial charge in [0.2, 0.25) is 0 Å². The second kappa shape index (κ2) is 8.73. The van der Waals surface area contributed by atoms with Crippen molar-refractivity contribution in [2.75, 3.05) is 19.3 Å². The van der Waals surface area contributed by atoms with E-state index in [1.165, 1.54) is 24.2 Å². The Kier molecular flexibility index (Phi) is 6.13. The van der Waals surface area contributed by atoms with E-state index in [-0.39, 0.29) is 0 Å². The molecular formula is C19H24N4S. The Hall–Kier alpha value is -2.01. The minimum atomic E-state index is 0.719. The predicted octanol–water partition coefficient (Wildman–Crippen LogP) is 3.31. The zero-order chi connectivity index (χ0) is 16.6. The van der Waals surface area contributed by atoms with Gasteiger partial charge in [-0.15, -0.1) is 0 Å². The monoisotopic (exact) mass is 340 g/mol. The van der Waals surface area contributed by atoms with E-state index in [0.29, 0.717) is 0 Å². The molecule has 1 atom stereocenters. The molecule has 1 aromatic carbocycles. The highest BCUT2D eigenvalue weighted by atomic mass is 32.2. The number of thioether (sulfide) groups is 1. The number of benzene rings is 1. The standard InChI is InChI=1S/C19H24N4S/c1-20-19(23-14-17-8-5-11-24-17)22-13-15-6-4-7-16(12-15)18-9-2-3-10-21-18/h2-4,6-7,9-10,12,17H,5,8,11,13-14H2,1H3,(H2,20,22,23). The summed E-state index contributed by atoms with van der Waals surface area (Å²) in [6, 6.07) is 14.5. The molecule has 2 aromatic rings. The topological polar surface area (TPSA) is 49.3 Å². The third-order valence-electron chi connectivity index (χ3n) is 4.09. The van der Waals surface area contributed by atoms with E-state index in [1.807, 2.05) is 31.4 Å². The number of aromatic nitrogens is 1. The van der Waals surface area contributed by atoms with E-state index in [1.54, 1.807) is 0 Å². The number of hydrogen-bond donors (Lipinski definition) is 2. The molecule has 0 radical (unpaired) electrons. The highest BCUT2D eigenvalue weighted by Gasteiger charge is 2.15. The minimum Gasteiger partial charge on any atom is -0.355 e. The molecule has 0 saturated carbocycles. The van der Waals surface area contributed by atoms with Crippen molar-refractivity contribution in [3.8, 4) is 11.3 Å². The Balaban J connectivity index is 1.55. The highest BCUT2D eigenvalue weighted by molar-refractivity contribution is 8.00. The Bertz CT molecular complexity index is 666. The lowest BCUT2D eigenvalue weighted by Gasteiger charge is -2.15. The summed E-state index contributed by atoms with van der Waals surface area (Å²) < 4.78 is 0. The lowest BCUT2D eigenvalue weighted by atomic mass is 10.1. The first-order valence-electron chi connectivity index (χ1n) is 8.41. The van der Waals surface area contributed by atoms with Crippen LogP contribution in [0.3, 0.4) is 0 Å². The van der Waals surface area contributed by atoms with Crippen LogP contribution in [0, 0.1) is 0 Å². The first-order chi connectivity index (χ1) is 11.8. The molecule has 24 heavy (non-hydrogen) atoms. The molecule has 1 saturated heterocycles. The number of nitrogens with one attached hydrogen (secondary N) is 2. The molecule has 0 amide bonds. The van der Waals surface area contributed by atoms with Gasteiger partial charge >= 0.3 is 0 Å². The van der Waals surface area contributed by atoms with Crippen LogP contribution in [0.4, 0.5) is 0 Å². The molecule has 2 heterocycles. The lowest BCUT2D eigenvalue weighted by Crippen LogP contribution is -2.39. The molecule has 1 aliphatic rings. The zero-order valence-corrected chi connectivity index (χ0v) is 14.9. The molecule has 126 valence electrons. The second-order valence-corrected chi connectivity index (χ2v) is 7.27. The van der Waals surface area contributed by atoms with Gasteiger partial charge in [0.1, 0.15) is 0 Å². The van der Waals surface area contributed by atoms with Gasteiger partial charge in [-0.1, -0.05) is 24.3 Å². The van der Waals surface area contributed by atoms with Crippen molar-refractivity contribution in [3.63, 3.8) is 0 Å². The fraction of sp³-hybridized carbons (Fsp3) is 0.368. The van der Waals surface area contributed by atoms with Crippen LogP contribution in [0.1, 0.15) is 18.4 Å². The van der Waals surface area contributed by atoms with E-state index in [2.05, 4.69) is 56.6 Å². The van der Waals surface area contributed by atoms with Crippen LogP contribution in [0.2, 0.25) is 0 Å². The van der Waals surface area contributed by atoms with Crippen molar-refractivity contribution in [1.82, 2.24) is 15.6 Å². The van der Waals surface area contributed by atoms with E-state index in [0.717, 1.165) is 35.6 Å². The number of aliphatic imine (C=N–C) groups is 1.